The SMILES string of the molecule is N=C(N)N1CCc2c(n(CCN=C(N)N)c3ccc(NC4C=CC(Cl)=C(Cl)C4)cc23)C1. The van der Waals surface area contributed by atoms with E-state index < -0.39 is 0 Å². The molecule has 2 heterocycles. The van der Waals surface area contributed by atoms with Gasteiger partial charge in [-0.1, -0.05) is 29.3 Å². The zero-order chi connectivity index (χ0) is 22.1. The van der Waals surface area contributed by atoms with Gasteiger partial charge in [0, 0.05) is 52.9 Å². The van der Waals surface area contributed by atoms with Gasteiger partial charge in [0.05, 0.1) is 18.1 Å². The molecule has 1 aliphatic heterocycles. The molecule has 0 fully saturated rings. The highest BCUT2D eigenvalue weighted by molar-refractivity contribution is 6.40. The lowest BCUT2D eigenvalue weighted by Crippen LogP contribution is -2.40. The van der Waals surface area contributed by atoms with Crippen molar-refractivity contribution in [2.45, 2.75) is 32.0 Å². The number of allylic oxidation sites excluding steroid dienone is 2. The number of nitrogens with one attached hydrogen (secondary N) is 2. The van der Waals surface area contributed by atoms with Crippen molar-refractivity contribution in [3.8, 4) is 0 Å². The summed E-state index contributed by atoms with van der Waals surface area (Å²) in [6, 6.07) is 6.44. The van der Waals surface area contributed by atoms with Crippen molar-refractivity contribution in [2.24, 2.45) is 22.2 Å². The van der Waals surface area contributed by atoms with Crippen LogP contribution >= 0.6 is 23.2 Å². The molecule has 1 aliphatic carbocycles. The highest BCUT2D eigenvalue weighted by Crippen LogP contribution is 2.34. The molecular formula is C21H26Cl2N8. The van der Waals surface area contributed by atoms with E-state index in [9.17, 15) is 0 Å². The highest BCUT2D eigenvalue weighted by Gasteiger charge is 2.25. The Balaban J connectivity index is 1.68. The van der Waals surface area contributed by atoms with Crippen molar-refractivity contribution >= 4 is 51.7 Å². The van der Waals surface area contributed by atoms with Crippen LogP contribution in [0.5, 0.6) is 0 Å². The van der Waals surface area contributed by atoms with E-state index >= 15 is 0 Å². The second-order valence-electron chi connectivity index (χ2n) is 7.74. The van der Waals surface area contributed by atoms with Crippen LogP contribution in [0.1, 0.15) is 17.7 Å². The Morgan fingerprint density at radius 3 is 2.77 bits per heavy atom. The Hall–Kier alpha value is -2.84. The van der Waals surface area contributed by atoms with Crippen LogP contribution in [0.2, 0.25) is 0 Å². The lowest BCUT2D eigenvalue weighted by Gasteiger charge is -2.28. The molecule has 2 aromatic rings. The molecule has 10 heteroatoms. The first-order valence-electron chi connectivity index (χ1n) is 10.1. The van der Waals surface area contributed by atoms with Crippen LogP contribution in [-0.2, 0) is 19.5 Å². The normalized spacial score (nSPS) is 18.3. The maximum Gasteiger partial charge on any atom is 0.188 e. The Kier molecular flexibility index (Phi) is 6.02. The van der Waals surface area contributed by atoms with E-state index in [4.69, 9.17) is 45.8 Å². The number of guanidine groups is 2. The fourth-order valence-electron chi connectivity index (χ4n) is 4.24. The van der Waals surface area contributed by atoms with Gasteiger partial charge in [-0.2, -0.15) is 0 Å². The quantitative estimate of drug-likeness (QED) is 0.345. The second-order valence-corrected chi connectivity index (χ2v) is 8.60. The van der Waals surface area contributed by atoms with Gasteiger partial charge in [-0.15, -0.1) is 0 Å². The lowest BCUT2D eigenvalue weighted by molar-refractivity contribution is 0.373. The van der Waals surface area contributed by atoms with Crippen LogP contribution in [-0.4, -0.2) is 40.5 Å². The molecule has 2 aliphatic rings. The van der Waals surface area contributed by atoms with Gasteiger partial charge in [0.2, 0.25) is 0 Å². The molecule has 0 saturated heterocycles. The van der Waals surface area contributed by atoms with Crippen molar-refractivity contribution in [1.29, 1.82) is 5.41 Å². The van der Waals surface area contributed by atoms with E-state index in [1.807, 2.05) is 17.1 Å². The van der Waals surface area contributed by atoms with Gasteiger partial charge in [0.25, 0.3) is 0 Å². The van der Waals surface area contributed by atoms with Gasteiger partial charge in [-0.05, 0) is 36.3 Å². The van der Waals surface area contributed by atoms with Crippen LogP contribution in [0.4, 0.5) is 5.69 Å². The fraction of sp³-hybridized carbons (Fsp3) is 0.333. The average molecular weight is 461 g/mol. The summed E-state index contributed by atoms with van der Waals surface area (Å²) in [6.45, 7) is 2.44. The predicted molar refractivity (Wildman–Crippen MR) is 129 cm³/mol. The van der Waals surface area contributed by atoms with E-state index in [1.165, 1.54) is 10.9 Å². The molecule has 0 saturated carbocycles. The Morgan fingerprint density at radius 1 is 1.26 bits per heavy atom. The fourth-order valence-corrected chi connectivity index (χ4v) is 4.62. The largest absolute Gasteiger partial charge is 0.378 e. The lowest BCUT2D eigenvalue weighted by atomic mass is 10.0. The van der Waals surface area contributed by atoms with Crippen LogP contribution < -0.4 is 22.5 Å². The average Bonchev–Trinajstić information content (AvgIpc) is 3.03. The summed E-state index contributed by atoms with van der Waals surface area (Å²) in [5.74, 6) is 0.164. The monoisotopic (exact) mass is 460 g/mol. The number of aliphatic imine (C=N–C) groups is 1. The summed E-state index contributed by atoms with van der Waals surface area (Å²) >= 11 is 12.3. The zero-order valence-electron chi connectivity index (χ0n) is 17.0. The molecule has 1 unspecified atom stereocenters. The van der Waals surface area contributed by atoms with Crippen LogP contribution in [0, 0.1) is 5.41 Å². The predicted octanol–water partition coefficient (Wildman–Crippen LogP) is 2.60. The summed E-state index contributed by atoms with van der Waals surface area (Å²) in [6.07, 6.45) is 5.33. The number of nitrogens with zero attached hydrogens (tertiary/aromatic N) is 3. The molecule has 0 spiro atoms. The topological polar surface area (TPSA) is 134 Å². The number of fused-ring (bicyclic) bond motifs is 3. The van der Waals surface area contributed by atoms with Gasteiger partial charge in [-0.25, -0.2) is 0 Å². The maximum atomic E-state index is 7.84. The molecule has 164 valence electrons. The molecule has 8 N–H and O–H groups in total. The molecule has 1 aromatic heterocycles. The van der Waals surface area contributed by atoms with Crippen molar-refractivity contribution in [1.82, 2.24) is 9.47 Å². The maximum absolute atomic E-state index is 7.84. The summed E-state index contributed by atoms with van der Waals surface area (Å²) in [5.41, 5.74) is 21.3. The number of aromatic nitrogens is 1. The van der Waals surface area contributed by atoms with Gasteiger partial charge >= 0.3 is 0 Å². The van der Waals surface area contributed by atoms with E-state index in [2.05, 4.69) is 33.1 Å². The Bertz CT molecular complexity index is 1110. The van der Waals surface area contributed by atoms with Gasteiger partial charge in [-0.3, -0.25) is 10.4 Å². The number of anilines is 1. The first kappa shape index (κ1) is 21.4. The minimum absolute atomic E-state index is 0.0792. The third-order valence-corrected chi connectivity index (χ3v) is 6.51. The summed E-state index contributed by atoms with van der Waals surface area (Å²) in [7, 11) is 0. The van der Waals surface area contributed by atoms with E-state index in [1.54, 1.807) is 0 Å². The summed E-state index contributed by atoms with van der Waals surface area (Å²) in [5, 5.41) is 13.8. The standard InChI is InChI=1S/C21H26Cl2N8/c22-16-3-1-13(10-17(16)23)29-12-2-4-18-15(9-12)14-5-7-30(21(26)27)11-19(14)31(18)8-6-28-20(24)25/h1-4,9,13,29H,5-8,10-11H2,(H3,26,27)(H4,24,25,28). The Labute approximate surface area is 190 Å². The first-order chi connectivity index (χ1) is 14.8. The number of nitrogens with two attached hydrogens (primary N) is 3. The minimum atomic E-state index is 0.0792. The Morgan fingerprint density at radius 2 is 2.06 bits per heavy atom. The molecule has 4 rings (SSSR count). The third kappa shape index (κ3) is 4.45. The van der Waals surface area contributed by atoms with E-state index in [0.29, 0.717) is 36.1 Å². The number of benzene rings is 1. The zero-order valence-corrected chi connectivity index (χ0v) is 18.5. The van der Waals surface area contributed by atoms with Crippen LogP contribution in [0.15, 0.2) is 45.4 Å². The molecule has 1 aromatic carbocycles. The second kappa shape index (κ2) is 8.72. The van der Waals surface area contributed by atoms with Gasteiger partial charge in [0.1, 0.15) is 0 Å². The molecule has 0 radical (unpaired) electrons. The summed E-state index contributed by atoms with van der Waals surface area (Å²) in [4.78, 5) is 6.02. The smallest absolute Gasteiger partial charge is 0.188 e. The highest BCUT2D eigenvalue weighted by atomic mass is 35.5. The summed E-state index contributed by atoms with van der Waals surface area (Å²) < 4.78 is 2.23. The number of hydrogen-bond acceptors (Lipinski definition) is 3. The van der Waals surface area contributed by atoms with Gasteiger partial charge in [0.15, 0.2) is 11.9 Å². The molecular weight excluding hydrogens is 435 g/mol. The third-order valence-electron chi connectivity index (χ3n) is 5.70. The molecule has 1 atom stereocenters. The number of halogens is 2. The van der Waals surface area contributed by atoms with E-state index in [-0.39, 0.29) is 18.0 Å². The van der Waals surface area contributed by atoms with Crippen molar-refractivity contribution in [2.75, 3.05) is 18.4 Å². The first-order valence-corrected chi connectivity index (χ1v) is 10.9. The van der Waals surface area contributed by atoms with E-state index in [0.717, 1.165) is 29.9 Å². The molecule has 8 nitrogen and oxygen atoms in total. The van der Waals surface area contributed by atoms with Crippen molar-refractivity contribution < 1.29 is 0 Å². The van der Waals surface area contributed by atoms with Crippen molar-refractivity contribution in [3.05, 3.63) is 51.7 Å². The number of hydrogen-bond donors (Lipinski definition) is 5. The van der Waals surface area contributed by atoms with Crippen molar-refractivity contribution in [3.63, 3.8) is 0 Å². The molecule has 0 amide bonds. The number of rotatable bonds is 5. The van der Waals surface area contributed by atoms with Crippen LogP contribution in [0.3, 0.4) is 0 Å². The minimum Gasteiger partial charge on any atom is -0.378 e. The van der Waals surface area contributed by atoms with Crippen LogP contribution in [0.25, 0.3) is 10.9 Å². The van der Waals surface area contributed by atoms with Gasteiger partial charge < -0.3 is 32.0 Å². The molecule has 0 bridgehead atoms. The molecule has 31 heavy (non-hydrogen) atoms.